The zero-order valence-electron chi connectivity index (χ0n) is 20.7. The molecule has 0 spiro atoms. The summed E-state index contributed by atoms with van der Waals surface area (Å²) in [5.74, 6) is -3.51. The third kappa shape index (κ3) is 12.8. The fraction of sp³-hybridized carbons (Fsp3) is 0.385. The summed E-state index contributed by atoms with van der Waals surface area (Å²) in [6.45, 7) is 0.736. The summed E-state index contributed by atoms with van der Waals surface area (Å²) in [6, 6.07) is 15.4. The van der Waals surface area contributed by atoms with Gasteiger partial charge in [-0.3, -0.25) is 9.59 Å². The van der Waals surface area contributed by atoms with E-state index in [1.165, 1.54) is 0 Å². The molecule has 2 aromatic rings. The van der Waals surface area contributed by atoms with Crippen LogP contribution in [0.4, 0.5) is 0 Å². The van der Waals surface area contributed by atoms with Gasteiger partial charge in [-0.1, -0.05) is 60.7 Å². The molecule has 0 aliphatic rings. The van der Waals surface area contributed by atoms with Crippen molar-refractivity contribution in [3.8, 4) is 0 Å². The lowest BCUT2D eigenvalue weighted by atomic mass is 10.1. The molecule has 11 heteroatoms. The minimum absolute atomic E-state index is 0.112. The Morgan fingerprint density at radius 1 is 0.730 bits per heavy atom. The summed E-state index contributed by atoms with van der Waals surface area (Å²) in [6.07, 6.45) is 0.328. The van der Waals surface area contributed by atoms with Gasteiger partial charge in [-0.2, -0.15) is 0 Å². The van der Waals surface area contributed by atoms with Gasteiger partial charge in [0.05, 0.1) is 6.42 Å². The molecule has 9 N–H and O–H groups in total. The van der Waals surface area contributed by atoms with E-state index < -0.39 is 42.1 Å². The summed E-state index contributed by atoms with van der Waals surface area (Å²) in [7, 11) is 0. The van der Waals surface area contributed by atoms with Crippen molar-refractivity contribution in [2.45, 2.75) is 50.3 Å². The molecule has 0 saturated carbocycles. The van der Waals surface area contributed by atoms with Crippen molar-refractivity contribution in [2.24, 2.45) is 22.9 Å². The Balaban J connectivity index is 0.000000568. The van der Waals surface area contributed by atoms with E-state index in [1.807, 2.05) is 18.2 Å². The minimum Gasteiger partial charge on any atom is -0.481 e. The van der Waals surface area contributed by atoms with Gasteiger partial charge in [0.2, 0.25) is 6.10 Å². The second kappa shape index (κ2) is 17.7. The van der Waals surface area contributed by atoms with Crippen molar-refractivity contribution in [3.05, 3.63) is 71.8 Å². The van der Waals surface area contributed by atoms with Crippen LogP contribution < -0.4 is 22.9 Å². The van der Waals surface area contributed by atoms with Crippen molar-refractivity contribution < 1.29 is 33.8 Å². The predicted octanol–water partition coefficient (Wildman–Crippen LogP) is 0.787. The van der Waals surface area contributed by atoms with Crippen LogP contribution in [-0.4, -0.2) is 54.2 Å². The molecular weight excluding hydrogens is 480 g/mol. The summed E-state index contributed by atoms with van der Waals surface area (Å²) in [5.41, 5.74) is 23.4. The zero-order valence-corrected chi connectivity index (χ0v) is 20.7. The monoisotopic (exact) mass is 516 g/mol. The molecule has 0 amide bonds. The number of hydrogen-bond donors (Lipinski definition) is 5. The van der Waals surface area contributed by atoms with Crippen molar-refractivity contribution in [1.29, 1.82) is 0 Å². The molecule has 0 aliphatic heterocycles. The maximum Gasteiger partial charge on any atom is 0.359 e. The number of carbonyl (C=O) groups excluding carboxylic acids is 3. The van der Waals surface area contributed by atoms with E-state index in [0.29, 0.717) is 37.9 Å². The Labute approximate surface area is 216 Å². The Morgan fingerprint density at radius 2 is 1.22 bits per heavy atom. The van der Waals surface area contributed by atoms with Crippen LogP contribution in [0.2, 0.25) is 0 Å². The second-order valence-electron chi connectivity index (χ2n) is 8.10. The normalized spacial score (nSPS) is 12.8. The van der Waals surface area contributed by atoms with Gasteiger partial charge >= 0.3 is 23.9 Å². The SMILES string of the molecule is NCCC[C@@H](N)C(=O)OC(=O)C(OC(=O)[C@H](N)CCCN)c1ccccc1.O=C(O)Cc1ccccc1. The van der Waals surface area contributed by atoms with Crippen molar-refractivity contribution in [1.82, 2.24) is 0 Å². The van der Waals surface area contributed by atoms with Crippen molar-refractivity contribution >= 4 is 23.9 Å². The highest BCUT2D eigenvalue weighted by atomic mass is 16.6. The van der Waals surface area contributed by atoms with Crippen LogP contribution in [-0.2, 0) is 35.1 Å². The van der Waals surface area contributed by atoms with Crippen LogP contribution in [0.15, 0.2) is 60.7 Å². The Hall–Kier alpha value is -3.64. The zero-order chi connectivity index (χ0) is 27.6. The highest BCUT2D eigenvalue weighted by Gasteiger charge is 2.31. The summed E-state index contributed by atoms with van der Waals surface area (Å²) in [4.78, 5) is 46.8. The van der Waals surface area contributed by atoms with E-state index in [1.54, 1.807) is 42.5 Å². The van der Waals surface area contributed by atoms with E-state index in [2.05, 4.69) is 0 Å². The number of carboxylic acids is 1. The smallest absolute Gasteiger partial charge is 0.359 e. The van der Waals surface area contributed by atoms with E-state index in [-0.39, 0.29) is 12.8 Å². The highest BCUT2D eigenvalue weighted by Crippen LogP contribution is 2.20. The van der Waals surface area contributed by atoms with E-state index in [4.69, 9.17) is 37.5 Å². The fourth-order valence-electron chi connectivity index (χ4n) is 2.99. The molecular formula is C26H36N4O7. The van der Waals surface area contributed by atoms with Crippen LogP contribution in [0.25, 0.3) is 0 Å². The molecule has 202 valence electrons. The maximum absolute atomic E-state index is 12.4. The number of rotatable bonds is 13. The molecule has 37 heavy (non-hydrogen) atoms. The third-order valence-electron chi connectivity index (χ3n) is 4.99. The molecule has 1 unspecified atom stereocenters. The van der Waals surface area contributed by atoms with Crippen LogP contribution >= 0.6 is 0 Å². The van der Waals surface area contributed by atoms with Gasteiger partial charge in [-0.25, -0.2) is 9.59 Å². The Kier molecular flexibility index (Phi) is 15.0. The average Bonchev–Trinajstić information content (AvgIpc) is 2.89. The van der Waals surface area contributed by atoms with E-state index in [0.717, 1.165) is 5.56 Å². The molecule has 0 aromatic heterocycles. The molecule has 2 rings (SSSR count). The van der Waals surface area contributed by atoms with Gasteiger partial charge in [0.25, 0.3) is 0 Å². The second-order valence-corrected chi connectivity index (χ2v) is 8.10. The molecule has 0 saturated heterocycles. The maximum atomic E-state index is 12.4. The van der Waals surface area contributed by atoms with Gasteiger partial charge in [0.15, 0.2) is 0 Å². The molecule has 3 atom stereocenters. The largest absolute Gasteiger partial charge is 0.481 e. The van der Waals surface area contributed by atoms with Gasteiger partial charge in [-0.15, -0.1) is 0 Å². The average molecular weight is 517 g/mol. The topological polar surface area (TPSA) is 211 Å². The van der Waals surface area contributed by atoms with E-state index in [9.17, 15) is 19.2 Å². The quantitative estimate of drug-likeness (QED) is 0.185. The van der Waals surface area contributed by atoms with E-state index >= 15 is 0 Å². The lowest BCUT2D eigenvalue weighted by Crippen LogP contribution is -2.38. The number of benzene rings is 2. The predicted molar refractivity (Wildman–Crippen MR) is 137 cm³/mol. The first-order chi connectivity index (χ1) is 17.7. The van der Waals surface area contributed by atoms with Gasteiger partial charge in [0, 0.05) is 5.56 Å². The summed E-state index contributed by atoms with van der Waals surface area (Å²) in [5, 5.41) is 8.37. The number of nitrogens with two attached hydrogens (primary N) is 4. The summed E-state index contributed by atoms with van der Waals surface area (Å²) < 4.78 is 10.0. The first kappa shape index (κ1) is 31.4. The van der Waals surface area contributed by atoms with Crippen molar-refractivity contribution in [2.75, 3.05) is 13.1 Å². The fourth-order valence-corrected chi connectivity index (χ4v) is 2.99. The molecule has 0 fully saturated rings. The molecule has 0 heterocycles. The Bertz CT molecular complexity index is 973. The van der Waals surface area contributed by atoms with Crippen LogP contribution in [0.3, 0.4) is 0 Å². The molecule has 0 radical (unpaired) electrons. The molecule has 2 aromatic carbocycles. The lowest BCUT2D eigenvalue weighted by Gasteiger charge is -2.19. The number of carboxylic acid groups (broad SMARTS) is 1. The van der Waals surface area contributed by atoms with Crippen molar-refractivity contribution in [3.63, 3.8) is 0 Å². The van der Waals surface area contributed by atoms with Gasteiger partial charge in [-0.05, 0) is 44.3 Å². The first-order valence-electron chi connectivity index (χ1n) is 11.9. The Morgan fingerprint density at radius 3 is 1.70 bits per heavy atom. The molecule has 0 bridgehead atoms. The highest BCUT2D eigenvalue weighted by molar-refractivity contribution is 5.92. The standard InChI is InChI=1S/C18H28N4O5.C8H8O2/c19-10-4-8-13(21)16(23)26-15(12-6-2-1-3-7-12)18(25)27-17(24)14(22)9-5-11-20;9-8(10)6-7-4-2-1-3-5-7/h1-3,6-7,13-15H,4-5,8-11,19-22H2;1-5H,6H2,(H,9,10)/t13-,14-,15?;/m1./s1. The summed E-state index contributed by atoms with van der Waals surface area (Å²) >= 11 is 0. The van der Waals surface area contributed by atoms with Gasteiger partial charge in [0.1, 0.15) is 12.1 Å². The van der Waals surface area contributed by atoms with Gasteiger partial charge < -0.3 is 37.5 Å². The number of aliphatic carboxylic acids is 1. The lowest BCUT2D eigenvalue weighted by molar-refractivity contribution is -0.175. The molecule has 11 nitrogen and oxygen atoms in total. The molecule has 0 aliphatic carbocycles. The minimum atomic E-state index is -1.42. The first-order valence-corrected chi connectivity index (χ1v) is 11.9. The number of ether oxygens (including phenoxy) is 2. The van der Waals surface area contributed by atoms with Crippen LogP contribution in [0, 0.1) is 0 Å². The third-order valence-corrected chi connectivity index (χ3v) is 4.99. The van der Waals surface area contributed by atoms with Crippen LogP contribution in [0.1, 0.15) is 42.9 Å². The number of hydrogen-bond acceptors (Lipinski definition) is 10. The van der Waals surface area contributed by atoms with Crippen LogP contribution in [0.5, 0.6) is 0 Å². The number of esters is 3. The number of carbonyl (C=O) groups is 4.